The van der Waals surface area contributed by atoms with Crippen molar-refractivity contribution in [1.82, 2.24) is 9.78 Å². The molecule has 0 radical (unpaired) electrons. The van der Waals surface area contributed by atoms with Crippen molar-refractivity contribution in [3.8, 4) is 0 Å². The molecule has 1 unspecified atom stereocenters. The molecular weight excluding hydrogens is 232 g/mol. The number of rotatable bonds is 7. The molecule has 0 fully saturated rings. The number of hydrogen-bond donors (Lipinski definition) is 3. The van der Waals surface area contributed by atoms with Gasteiger partial charge < -0.3 is 20.9 Å². The van der Waals surface area contributed by atoms with Crippen molar-refractivity contribution < 1.29 is 9.84 Å². The lowest BCUT2D eigenvalue weighted by Gasteiger charge is -2.18. The summed E-state index contributed by atoms with van der Waals surface area (Å²) in [6.07, 6.45) is 0.607. The van der Waals surface area contributed by atoms with E-state index in [9.17, 15) is 0 Å². The Morgan fingerprint density at radius 2 is 2.17 bits per heavy atom. The first kappa shape index (κ1) is 14.8. The van der Waals surface area contributed by atoms with Gasteiger partial charge in [-0.2, -0.15) is 5.10 Å². The largest absolute Gasteiger partial charge is 0.396 e. The zero-order valence-electron chi connectivity index (χ0n) is 11.6. The van der Waals surface area contributed by atoms with Crippen molar-refractivity contribution in [2.24, 2.45) is 7.05 Å². The molecule has 1 heterocycles. The summed E-state index contributed by atoms with van der Waals surface area (Å²) in [6.45, 7) is 4.74. The maximum atomic E-state index is 9.02. The number of ether oxygens (including phenoxy) is 1. The molecule has 104 valence electrons. The van der Waals surface area contributed by atoms with E-state index in [0.717, 1.165) is 11.5 Å². The van der Waals surface area contributed by atoms with Gasteiger partial charge in [-0.3, -0.25) is 4.68 Å². The van der Waals surface area contributed by atoms with Crippen LogP contribution in [0.4, 0.5) is 11.5 Å². The summed E-state index contributed by atoms with van der Waals surface area (Å²) >= 11 is 0. The van der Waals surface area contributed by atoms with Crippen molar-refractivity contribution in [1.29, 1.82) is 0 Å². The lowest BCUT2D eigenvalue weighted by Crippen LogP contribution is -2.27. The van der Waals surface area contributed by atoms with Crippen LogP contribution in [-0.4, -0.2) is 41.3 Å². The summed E-state index contributed by atoms with van der Waals surface area (Å²) in [5, 5.41) is 16.7. The molecule has 0 aliphatic carbocycles. The van der Waals surface area contributed by atoms with Crippen molar-refractivity contribution in [3.05, 3.63) is 5.69 Å². The van der Waals surface area contributed by atoms with Gasteiger partial charge in [-0.05, 0) is 12.3 Å². The number of aromatic nitrogens is 2. The van der Waals surface area contributed by atoms with Crippen LogP contribution >= 0.6 is 0 Å². The molecule has 0 amide bonds. The fourth-order valence-corrected chi connectivity index (χ4v) is 1.91. The third-order valence-corrected chi connectivity index (χ3v) is 2.85. The highest BCUT2D eigenvalue weighted by atomic mass is 16.5. The van der Waals surface area contributed by atoms with Gasteiger partial charge in [0.25, 0.3) is 0 Å². The Kier molecular flexibility index (Phi) is 5.43. The molecule has 1 rings (SSSR count). The van der Waals surface area contributed by atoms with E-state index in [-0.39, 0.29) is 18.6 Å². The average molecular weight is 256 g/mol. The van der Waals surface area contributed by atoms with Crippen LogP contribution in [0.3, 0.4) is 0 Å². The molecule has 0 bridgehead atoms. The molecule has 0 aromatic carbocycles. The van der Waals surface area contributed by atoms with Gasteiger partial charge in [-0.1, -0.05) is 13.8 Å². The molecule has 1 aromatic heterocycles. The van der Waals surface area contributed by atoms with Crippen LogP contribution in [0.15, 0.2) is 0 Å². The second kappa shape index (κ2) is 6.61. The van der Waals surface area contributed by atoms with Crippen LogP contribution < -0.4 is 11.1 Å². The quantitative estimate of drug-likeness (QED) is 0.676. The van der Waals surface area contributed by atoms with E-state index < -0.39 is 0 Å². The first-order chi connectivity index (χ1) is 8.51. The average Bonchev–Trinajstić information content (AvgIpc) is 2.57. The number of nitrogens with one attached hydrogen (secondary N) is 1. The van der Waals surface area contributed by atoms with Gasteiger partial charge in [-0.15, -0.1) is 0 Å². The van der Waals surface area contributed by atoms with Crippen molar-refractivity contribution in [3.63, 3.8) is 0 Å². The van der Waals surface area contributed by atoms with Crippen molar-refractivity contribution in [2.45, 2.75) is 32.2 Å². The molecule has 1 aromatic rings. The van der Waals surface area contributed by atoms with E-state index in [2.05, 4.69) is 24.3 Å². The molecule has 6 heteroatoms. The Balaban J connectivity index is 2.88. The molecule has 6 nitrogen and oxygen atoms in total. The molecule has 0 spiro atoms. The summed E-state index contributed by atoms with van der Waals surface area (Å²) in [5.41, 5.74) is 7.66. The molecular formula is C12H24N4O2. The van der Waals surface area contributed by atoms with Gasteiger partial charge in [0.05, 0.1) is 24.0 Å². The lowest BCUT2D eigenvalue weighted by molar-refractivity contribution is 0.170. The summed E-state index contributed by atoms with van der Waals surface area (Å²) in [4.78, 5) is 0. The third-order valence-electron chi connectivity index (χ3n) is 2.85. The predicted octanol–water partition coefficient (Wildman–Crippen LogP) is 0.935. The fraction of sp³-hybridized carbons (Fsp3) is 0.750. The molecule has 0 aliphatic rings. The van der Waals surface area contributed by atoms with Gasteiger partial charge in [0.1, 0.15) is 5.82 Å². The molecule has 0 saturated carbocycles. The highest BCUT2D eigenvalue weighted by Crippen LogP contribution is 2.28. The minimum Gasteiger partial charge on any atom is -0.396 e. The van der Waals surface area contributed by atoms with Crippen molar-refractivity contribution in [2.75, 3.05) is 31.4 Å². The van der Waals surface area contributed by atoms with Crippen molar-refractivity contribution >= 4 is 11.5 Å². The van der Waals surface area contributed by atoms with E-state index in [1.807, 2.05) is 7.05 Å². The highest BCUT2D eigenvalue weighted by Gasteiger charge is 2.18. The normalized spacial score (nSPS) is 13.0. The Labute approximate surface area is 108 Å². The Bertz CT molecular complexity index is 370. The smallest absolute Gasteiger partial charge is 0.148 e. The summed E-state index contributed by atoms with van der Waals surface area (Å²) in [5.74, 6) is 1.07. The number of nitrogens with zero attached hydrogens (tertiary/aromatic N) is 2. The monoisotopic (exact) mass is 256 g/mol. The minimum atomic E-state index is 0.0257. The van der Waals surface area contributed by atoms with Crippen LogP contribution in [0.1, 0.15) is 31.9 Å². The standard InChI is InChI=1S/C12H24N4O2/c1-8(2)11-10(13)12(16(3)15-11)14-9(5-6-17)7-18-4/h8-9,14,17H,5-7,13H2,1-4H3. The van der Waals surface area contributed by atoms with E-state index >= 15 is 0 Å². The fourth-order valence-electron chi connectivity index (χ4n) is 1.91. The molecule has 4 N–H and O–H groups in total. The number of nitrogen functional groups attached to an aromatic ring is 1. The maximum Gasteiger partial charge on any atom is 0.148 e. The second-order valence-electron chi connectivity index (χ2n) is 4.73. The number of nitrogens with two attached hydrogens (primary N) is 1. The van der Waals surface area contributed by atoms with Crippen LogP contribution in [0.5, 0.6) is 0 Å². The SMILES string of the molecule is COCC(CCO)Nc1c(N)c(C(C)C)nn1C. The number of anilines is 2. The third kappa shape index (κ3) is 3.36. The zero-order chi connectivity index (χ0) is 13.7. The number of hydrogen-bond acceptors (Lipinski definition) is 5. The number of aliphatic hydroxyl groups is 1. The Hall–Kier alpha value is -1.27. The highest BCUT2D eigenvalue weighted by molar-refractivity contribution is 5.66. The number of aryl methyl sites for hydroxylation is 1. The van der Waals surface area contributed by atoms with E-state index in [1.54, 1.807) is 11.8 Å². The zero-order valence-corrected chi connectivity index (χ0v) is 11.6. The van der Waals surface area contributed by atoms with Gasteiger partial charge >= 0.3 is 0 Å². The summed E-state index contributed by atoms with van der Waals surface area (Å²) < 4.78 is 6.86. The van der Waals surface area contributed by atoms with Crippen LogP contribution in [0, 0.1) is 0 Å². The minimum absolute atomic E-state index is 0.0257. The number of aliphatic hydroxyl groups excluding tert-OH is 1. The van der Waals surface area contributed by atoms with Gasteiger partial charge in [0.2, 0.25) is 0 Å². The van der Waals surface area contributed by atoms with Gasteiger partial charge in [-0.25, -0.2) is 0 Å². The van der Waals surface area contributed by atoms with E-state index in [1.165, 1.54) is 0 Å². The molecule has 1 atom stereocenters. The topological polar surface area (TPSA) is 85.3 Å². The predicted molar refractivity (Wildman–Crippen MR) is 72.7 cm³/mol. The van der Waals surface area contributed by atoms with Crippen LogP contribution in [-0.2, 0) is 11.8 Å². The van der Waals surface area contributed by atoms with Gasteiger partial charge in [0, 0.05) is 20.8 Å². The Morgan fingerprint density at radius 1 is 1.50 bits per heavy atom. The van der Waals surface area contributed by atoms with Gasteiger partial charge in [0.15, 0.2) is 0 Å². The summed E-state index contributed by atoms with van der Waals surface area (Å²) in [6, 6.07) is 0.0257. The molecule has 18 heavy (non-hydrogen) atoms. The van der Waals surface area contributed by atoms with Crippen LogP contribution in [0.25, 0.3) is 0 Å². The maximum absolute atomic E-state index is 9.02. The summed E-state index contributed by atoms with van der Waals surface area (Å²) in [7, 11) is 3.49. The number of methoxy groups -OCH3 is 1. The lowest BCUT2D eigenvalue weighted by atomic mass is 10.1. The molecule has 0 aliphatic heterocycles. The first-order valence-corrected chi connectivity index (χ1v) is 6.19. The van der Waals surface area contributed by atoms with E-state index in [4.69, 9.17) is 15.6 Å². The Morgan fingerprint density at radius 3 is 2.61 bits per heavy atom. The second-order valence-corrected chi connectivity index (χ2v) is 4.73. The van der Waals surface area contributed by atoms with E-state index in [0.29, 0.717) is 18.7 Å². The van der Waals surface area contributed by atoms with Crippen LogP contribution in [0.2, 0.25) is 0 Å². The first-order valence-electron chi connectivity index (χ1n) is 6.19. The molecule has 0 saturated heterocycles.